The molecule has 1 saturated heterocycles. The molecular formula is C23H24ClN3O2S2. The second-order valence-corrected chi connectivity index (χ2v) is 10.7. The molecule has 162 valence electrons. The lowest BCUT2D eigenvalue weighted by Crippen LogP contribution is -2.57. The maximum absolute atomic E-state index is 14.0. The number of halogens is 1. The fourth-order valence-electron chi connectivity index (χ4n) is 3.74. The summed E-state index contributed by atoms with van der Waals surface area (Å²) in [7, 11) is -3.85. The van der Waals surface area contributed by atoms with E-state index < -0.39 is 21.2 Å². The monoisotopic (exact) mass is 473 g/mol. The van der Waals surface area contributed by atoms with E-state index in [0.29, 0.717) is 11.6 Å². The fourth-order valence-corrected chi connectivity index (χ4v) is 6.83. The quantitative estimate of drug-likeness (QED) is 0.489. The van der Waals surface area contributed by atoms with Gasteiger partial charge in [-0.2, -0.15) is 0 Å². The van der Waals surface area contributed by atoms with Gasteiger partial charge in [-0.25, -0.2) is 8.42 Å². The zero-order valence-electron chi connectivity index (χ0n) is 17.2. The van der Waals surface area contributed by atoms with Gasteiger partial charge in [-0.15, -0.1) is 16.1 Å². The topological polar surface area (TPSA) is 61.4 Å². The molecule has 1 fully saturated rings. The Morgan fingerprint density at radius 3 is 2.29 bits per heavy atom. The van der Waals surface area contributed by atoms with Crippen molar-refractivity contribution in [3.63, 3.8) is 0 Å². The summed E-state index contributed by atoms with van der Waals surface area (Å²) in [5, 5.41) is 6.41. The SMILES string of the molecule is CSC1(Nc2ccccc2)NCC(c2ccc(Cl)cc2)N1S(=O)(=O)c1ccc(C)cc1. The summed E-state index contributed by atoms with van der Waals surface area (Å²) in [4.78, 5) is 0.258. The number of aryl methyl sites for hydroxylation is 1. The van der Waals surface area contributed by atoms with Crippen LogP contribution in [0.1, 0.15) is 17.2 Å². The molecule has 0 spiro atoms. The third kappa shape index (κ3) is 4.33. The Hall–Kier alpha value is -2.03. The molecule has 3 aromatic rings. The second-order valence-electron chi connectivity index (χ2n) is 7.40. The minimum atomic E-state index is -3.85. The van der Waals surface area contributed by atoms with Crippen LogP contribution in [0.5, 0.6) is 0 Å². The van der Waals surface area contributed by atoms with Gasteiger partial charge in [-0.05, 0) is 55.1 Å². The summed E-state index contributed by atoms with van der Waals surface area (Å²) < 4.78 is 29.5. The van der Waals surface area contributed by atoms with E-state index in [9.17, 15) is 8.42 Å². The van der Waals surface area contributed by atoms with Crippen molar-refractivity contribution < 1.29 is 8.42 Å². The molecule has 1 aliphatic rings. The number of rotatable bonds is 6. The molecule has 0 amide bonds. The van der Waals surface area contributed by atoms with Crippen LogP contribution >= 0.6 is 23.4 Å². The number of hydrogen-bond donors (Lipinski definition) is 2. The molecule has 1 aliphatic heterocycles. The van der Waals surface area contributed by atoms with E-state index in [-0.39, 0.29) is 4.90 Å². The number of anilines is 1. The van der Waals surface area contributed by atoms with Gasteiger partial charge >= 0.3 is 0 Å². The highest BCUT2D eigenvalue weighted by Crippen LogP contribution is 2.43. The Morgan fingerprint density at radius 2 is 1.68 bits per heavy atom. The molecule has 1 heterocycles. The summed E-state index contributed by atoms with van der Waals surface area (Å²) in [6.07, 6.45) is 1.89. The van der Waals surface area contributed by atoms with E-state index in [4.69, 9.17) is 11.6 Å². The Kier molecular flexibility index (Phi) is 6.32. The number of hydrogen-bond acceptors (Lipinski definition) is 5. The van der Waals surface area contributed by atoms with Crippen LogP contribution in [0, 0.1) is 6.92 Å². The summed E-state index contributed by atoms with van der Waals surface area (Å²) in [6, 6.07) is 23.5. The molecule has 2 unspecified atom stereocenters. The molecule has 2 N–H and O–H groups in total. The van der Waals surface area contributed by atoms with Crippen molar-refractivity contribution in [1.82, 2.24) is 9.62 Å². The number of sulfonamides is 1. The van der Waals surface area contributed by atoms with Gasteiger partial charge in [0.05, 0.1) is 10.9 Å². The number of benzene rings is 3. The minimum Gasteiger partial charge on any atom is -0.345 e. The van der Waals surface area contributed by atoms with Crippen LogP contribution in [0.3, 0.4) is 0 Å². The van der Waals surface area contributed by atoms with Crippen molar-refractivity contribution in [2.45, 2.75) is 23.0 Å². The fraction of sp³-hybridized carbons (Fsp3) is 0.217. The van der Waals surface area contributed by atoms with Gasteiger partial charge in [0, 0.05) is 17.3 Å². The first-order chi connectivity index (χ1) is 14.9. The van der Waals surface area contributed by atoms with Crippen LogP contribution in [0.2, 0.25) is 5.02 Å². The smallest absolute Gasteiger partial charge is 0.247 e. The number of thioether (sulfide) groups is 1. The van der Waals surface area contributed by atoms with Crippen LogP contribution < -0.4 is 10.6 Å². The van der Waals surface area contributed by atoms with E-state index in [0.717, 1.165) is 16.8 Å². The highest BCUT2D eigenvalue weighted by Gasteiger charge is 2.53. The van der Waals surface area contributed by atoms with Gasteiger partial charge in [-0.1, -0.05) is 59.6 Å². The van der Waals surface area contributed by atoms with Crippen molar-refractivity contribution in [2.75, 3.05) is 18.1 Å². The summed E-state index contributed by atoms with van der Waals surface area (Å²) in [5.74, 6) is 0. The Balaban J connectivity index is 1.84. The lowest BCUT2D eigenvalue weighted by molar-refractivity contribution is 0.314. The van der Waals surface area contributed by atoms with Crippen LogP contribution in [0.4, 0.5) is 5.69 Å². The van der Waals surface area contributed by atoms with E-state index in [1.807, 2.05) is 67.8 Å². The first kappa shape index (κ1) is 22.2. The Bertz CT molecular complexity index is 1140. The maximum atomic E-state index is 14.0. The van der Waals surface area contributed by atoms with Gasteiger partial charge in [0.25, 0.3) is 0 Å². The Morgan fingerprint density at radius 1 is 1.03 bits per heavy atom. The molecule has 0 aromatic heterocycles. The third-order valence-corrected chi connectivity index (χ3v) is 8.66. The molecule has 0 aliphatic carbocycles. The molecular weight excluding hydrogens is 450 g/mol. The highest BCUT2D eigenvalue weighted by atomic mass is 35.5. The lowest BCUT2D eigenvalue weighted by Gasteiger charge is -2.39. The summed E-state index contributed by atoms with van der Waals surface area (Å²) in [5.41, 5.74) is 2.70. The molecule has 4 rings (SSSR count). The standard InChI is InChI=1S/C23H24ClN3O2S2/c1-17-8-14-21(15-9-17)31(28,29)27-22(18-10-12-19(24)13-11-18)16-25-23(27,30-2)26-20-6-4-3-5-7-20/h3-15,22,25-26H,16H2,1-2H3. The van der Waals surface area contributed by atoms with Crippen LogP contribution in [0.15, 0.2) is 83.8 Å². The largest absolute Gasteiger partial charge is 0.345 e. The predicted molar refractivity (Wildman–Crippen MR) is 129 cm³/mol. The van der Waals surface area contributed by atoms with Crippen LogP contribution in [-0.4, -0.2) is 30.6 Å². The van der Waals surface area contributed by atoms with Crippen molar-refractivity contribution in [2.24, 2.45) is 0 Å². The van der Waals surface area contributed by atoms with Gasteiger partial charge in [0.1, 0.15) is 0 Å². The van der Waals surface area contributed by atoms with Crippen molar-refractivity contribution >= 4 is 39.1 Å². The normalized spacial score (nSPS) is 21.8. The predicted octanol–water partition coefficient (Wildman–Crippen LogP) is 5.07. The molecule has 0 saturated carbocycles. The second kappa shape index (κ2) is 8.84. The van der Waals surface area contributed by atoms with Crippen molar-refractivity contribution in [3.05, 3.63) is 95.0 Å². The van der Waals surface area contributed by atoms with E-state index >= 15 is 0 Å². The number of para-hydroxylation sites is 1. The third-order valence-electron chi connectivity index (χ3n) is 5.34. The first-order valence-corrected chi connectivity index (χ1v) is 12.9. The molecule has 5 nitrogen and oxygen atoms in total. The molecule has 2 atom stereocenters. The summed E-state index contributed by atoms with van der Waals surface area (Å²) >= 11 is 7.49. The first-order valence-electron chi connectivity index (χ1n) is 9.86. The van der Waals surface area contributed by atoms with Gasteiger partial charge < -0.3 is 5.32 Å². The van der Waals surface area contributed by atoms with Gasteiger partial charge in [-0.3, -0.25) is 5.32 Å². The zero-order valence-corrected chi connectivity index (χ0v) is 19.6. The van der Waals surface area contributed by atoms with Gasteiger partial charge in [0.2, 0.25) is 15.1 Å². The van der Waals surface area contributed by atoms with Crippen LogP contribution in [-0.2, 0) is 10.0 Å². The molecule has 31 heavy (non-hydrogen) atoms. The molecule has 8 heteroatoms. The average molecular weight is 474 g/mol. The zero-order chi connectivity index (χ0) is 22.1. The summed E-state index contributed by atoms with van der Waals surface area (Å²) in [6.45, 7) is 2.39. The maximum Gasteiger partial charge on any atom is 0.247 e. The van der Waals surface area contributed by atoms with Crippen molar-refractivity contribution in [1.29, 1.82) is 0 Å². The number of nitrogens with one attached hydrogen (secondary N) is 2. The van der Waals surface area contributed by atoms with E-state index in [1.165, 1.54) is 11.8 Å². The molecule has 0 bridgehead atoms. The van der Waals surface area contributed by atoms with Crippen molar-refractivity contribution in [3.8, 4) is 0 Å². The van der Waals surface area contributed by atoms with E-state index in [2.05, 4.69) is 10.6 Å². The minimum absolute atomic E-state index is 0.258. The average Bonchev–Trinajstić information content (AvgIpc) is 3.15. The lowest BCUT2D eigenvalue weighted by atomic mass is 10.1. The number of nitrogens with zero attached hydrogens (tertiary/aromatic N) is 1. The highest BCUT2D eigenvalue weighted by molar-refractivity contribution is 8.01. The van der Waals surface area contributed by atoms with Crippen LogP contribution in [0.25, 0.3) is 0 Å². The molecule has 0 radical (unpaired) electrons. The Labute approximate surface area is 192 Å². The molecule has 3 aromatic carbocycles. The van der Waals surface area contributed by atoms with Gasteiger partial charge in [0.15, 0.2) is 0 Å². The van der Waals surface area contributed by atoms with E-state index in [1.54, 1.807) is 28.6 Å².